The fourth-order valence-corrected chi connectivity index (χ4v) is 1.96. The first-order valence-electron chi connectivity index (χ1n) is 3.87. The second-order valence-corrected chi connectivity index (χ2v) is 4.46. The van der Waals surface area contributed by atoms with Crippen LogP contribution in [0.15, 0.2) is 16.6 Å². The summed E-state index contributed by atoms with van der Waals surface area (Å²) in [6, 6.07) is 3.58. The van der Waals surface area contributed by atoms with Gasteiger partial charge >= 0.3 is 0 Å². The van der Waals surface area contributed by atoms with Crippen molar-refractivity contribution >= 4 is 50.0 Å². The highest BCUT2D eigenvalue weighted by atomic mass is 79.9. The molecule has 0 radical (unpaired) electrons. The molecule has 0 aliphatic rings. The Morgan fingerprint density at radius 2 is 1.93 bits per heavy atom. The Morgan fingerprint density at radius 3 is 2.64 bits per heavy atom. The Kier molecular flexibility index (Phi) is 2.64. The van der Waals surface area contributed by atoms with Crippen LogP contribution >= 0.6 is 39.1 Å². The largest absolute Gasteiger partial charge is 0.233 e. The predicted octanol–water partition coefficient (Wildman–Crippen LogP) is 4.01. The molecule has 0 amide bonds. The molecule has 0 bridgehead atoms. The zero-order valence-corrected chi connectivity index (χ0v) is 10.3. The van der Waals surface area contributed by atoms with Gasteiger partial charge in [-0.1, -0.05) is 23.2 Å². The van der Waals surface area contributed by atoms with Crippen LogP contribution in [0.5, 0.6) is 0 Å². The van der Waals surface area contributed by atoms with Crippen LogP contribution in [0.2, 0.25) is 10.2 Å². The molecule has 1 aromatic carbocycles. The van der Waals surface area contributed by atoms with Crippen LogP contribution in [0.3, 0.4) is 0 Å². The van der Waals surface area contributed by atoms with Gasteiger partial charge in [-0.3, -0.25) is 0 Å². The normalized spacial score (nSPS) is 10.9. The Bertz CT molecular complexity index is 514. The number of benzene rings is 1. The molecule has 2 nitrogen and oxygen atoms in total. The van der Waals surface area contributed by atoms with E-state index in [0.29, 0.717) is 16.0 Å². The van der Waals surface area contributed by atoms with Crippen molar-refractivity contribution < 1.29 is 0 Å². The summed E-state index contributed by atoms with van der Waals surface area (Å²) >= 11 is 15.2. The molecule has 0 atom stereocenters. The Hall–Kier alpha value is -0.380. The molecular formula is C9H5BrCl2N2. The maximum atomic E-state index is 5.96. The van der Waals surface area contributed by atoms with Crippen molar-refractivity contribution in [3.63, 3.8) is 0 Å². The van der Waals surface area contributed by atoms with Crippen LogP contribution < -0.4 is 0 Å². The third-order valence-electron chi connectivity index (χ3n) is 1.80. The van der Waals surface area contributed by atoms with Gasteiger partial charge in [-0.15, -0.1) is 0 Å². The third kappa shape index (κ3) is 1.72. The van der Waals surface area contributed by atoms with E-state index >= 15 is 0 Å². The van der Waals surface area contributed by atoms with Crippen LogP contribution in [-0.2, 0) is 0 Å². The van der Waals surface area contributed by atoms with E-state index in [1.165, 1.54) is 0 Å². The Balaban J connectivity index is 2.89. The zero-order valence-electron chi connectivity index (χ0n) is 7.18. The SMILES string of the molecule is Cc1nc(Cl)c2cc(Cl)c(Br)cc2n1. The lowest BCUT2D eigenvalue weighted by Crippen LogP contribution is -1.90. The molecular weight excluding hydrogens is 287 g/mol. The van der Waals surface area contributed by atoms with Crippen molar-refractivity contribution in [1.29, 1.82) is 0 Å². The first kappa shape index (κ1) is 10.1. The molecule has 0 saturated heterocycles. The van der Waals surface area contributed by atoms with Gasteiger partial charge in [-0.25, -0.2) is 9.97 Å². The number of aromatic nitrogens is 2. The summed E-state index contributed by atoms with van der Waals surface area (Å²) in [5.74, 6) is 0.650. The lowest BCUT2D eigenvalue weighted by molar-refractivity contribution is 1.09. The second-order valence-electron chi connectivity index (χ2n) is 2.85. The number of hydrogen-bond donors (Lipinski definition) is 0. The quantitative estimate of drug-likeness (QED) is 0.686. The van der Waals surface area contributed by atoms with Gasteiger partial charge in [0.2, 0.25) is 0 Å². The van der Waals surface area contributed by atoms with Crippen molar-refractivity contribution in [2.24, 2.45) is 0 Å². The summed E-state index contributed by atoms with van der Waals surface area (Å²) in [6.07, 6.45) is 0. The Labute approximate surface area is 99.4 Å². The van der Waals surface area contributed by atoms with Crippen molar-refractivity contribution in [3.05, 3.63) is 32.6 Å². The molecule has 14 heavy (non-hydrogen) atoms. The lowest BCUT2D eigenvalue weighted by Gasteiger charge is -2.03. The smallest absolute Gasteiger partial charge is 0.140 e. The average molecular weight is 292 g/mol. The highest BCUT2D eigenvalue weighted by Crippen LogP contribution is 2.30. The van der Waals surface area contributed by atoms with Gasteiger partial charge in [0.1, 0.15) is 11.0 Å². The molecule has 0 aliphatic heterocycles. The van der Waals surface area contributed by atoms with E-state index in [9.17, 15) is 0 Å². The number of aryl methyl sites for hydroxylation is 1. The molecule has 0 fully saturated rings. The summed E-state index contributed by atoms with van der Waals surface area (Å²) in [5, 5.41) is 1.80. The van der Waals surface area contributed by atoms with Crippen molar-refractivity contribution in [1.82, 2.24) is 9.97 Å². The van der Waals surface area contributed by atoms with E-state index in [4.69, 9.17) is 23.2 Å². The fourth-order valence-electron chi connectivity index (χ4n) is 1.20. The molecule has 1 aromatic heterocycles. The first-order valence-corrected chi connectivity index (χ1v) is 5.42. The summed E-state index contributed by atoms with van der Waals surface area (Å²) in [7, 11) is 0. The first-order chi connectivity index (χ1) is 6.58. The number of hydrogen-bond acceptors (Lipinski definition) is 2. The molecule has 2 rings (SSSR count). The van der Waals surface area contributed by atoms with Gasteiger partial charge in [-0.2, -0.15) is 0 Å². The van der Waals surface area contributed by atoms with Gasteiger partial charge in [-0.05, 0) is 35.0 Å². The minimum absolute atomic E-state index is 0.432. The number of nitrogens with zero attached hydrogens (tertiary/aromatic N) is 2. The fraction of sp³-hybridized carbons (Fsp3) is 0.111. The monoisotopic (exact) mass is 290 g/mol. The zero-order chi connectivity index (χ0) is 10.3. The summed E-state index contributed by atoms with van der Waals surface area (Å²) in [4.78, 5) is 8.31. The summed E-state index contributed by atoms with van der Waals surface area (Å²) in [6.45, 7) is 1.80. The van der Waals surface area contributed by atoms with E-state index in [-0.39, 0.29) is 0 Å². The molecule has 0 saturated carbocycles. The minimum atomic E-state index is 0.432. The third-order valence-corrected chi connectivity index (χ3v) is 3.29. The topological polar surface area (TPSA) is 25.8 Å². The number of fused-ring (bicyclic) bond motifs is 1. The standard InChI is InChI=1S/C9H5BrCl2N2/c1-4-13-8-3-6(10)7(11)2-5(8)9(12)14-4/h2-3H,1H3. The van der Waals surface area contributed by atoms with Crippen LogP contribution in [0.4, 0.5) is 0 Å². The van der Waals surface area contributed by atoms with E-state index in [2.05, 4.69) is 25.9 Å². The Morgan fingerprint density at radius 1 is 1.21 bits per heavy atom. The van der Waals surface area contributed by atoms with Crippen LogP contribution in [0.1, 0.15) is 5.82 Å². The van der Waals surface area contributed by atoms with Gasteiger partial charge in [0.25, 0.3) is 0 Å². The molecule has 2 aromatic rings. The van der Waals surface area contributed by atoms with E-state index in [1.807, 2.05) is 6.07 Å². The maximum Gasteiger partial charge on any atom is 0.140 e. The molecule has 0 unspecified atom stereocenters. The lowest BCUT2D eigenvalue weighted by atomic mass is 10.2. The van der Waals surface area contributed by atoms with Gasteiger partial charge in [0, 0.05) is 9.86 Å². The molecule has 5 heteroatoms. The predicted molar refractivity (Wildman–Crippen MR) is 62.0 cm³/mol. The van der Waals surface area contributed by atoms with Crippen LogP contribution in [0.25, 0.3) is 10.9 Å². The van der Waals surface area contributed by atoms with Crippen LogP contribution in [0, 0.1) is 6.92 Å². The number of rotatable bonds is 0. The van der Waals surface area contributed by atoms with E-state index in [1.54, 1.807) is 13.0 Å². The molecule has 0 spiro atoms. The van der Waals surface area contributed by atoms with Crippen LogP contribution in [-0.4, -0.2) is 9.97 Å². The highest BCUT2D eigenvalue weighted by molar-refractivity contribution is 9.10. The minimum Gasteiger partial charge on any atom is -0.233 e. The van der Waals surface area contributed by atoms with Crippen molar-refractivity contribution in [2.75, 3.05) is 0 Å². The summed E-state index contributed by atoms with van der Waals surface area (Å²) < 4.78 is 0.806. The van der Waals surface area contributed by atoms with E-state index in [0.717, 1.165) is 15.4 Å². The maximum absolute atomic E-state index is 5.96. The highest BCUT2D eigenvalue weighted by Gasteiger charge is 2.06. The summed E-state index contributed by atoms with van der Waals surface area (Å²) in [5.41, 5.74) is 0.791. The molecule has 1 heterocycles. The molecule has 72 valence electrons. The second kappa shape index (κ2) is 3.65. The molecule has 0 N–H and O–H groups in total. The average Bonchev–Trinajstić information content (AvgIpc) is 2.08. The van der Waals surface area contributed by atoms with Crippen molar-refractivity contribution in [2.45, 2.75) is 6.92 Å². The number of halogens is 3. The molecule has 0 aliphatic carbocycles. The van der Waals surface area contributed by atoms with E-state index < -0.39 is 0 Å². The van der Waals surface area contributed by atoms with Gasteiger partial charge in [0.15, 0.2) is 0 Å². The van der Waals surface area contributed by atoms with Gasteiger partial charge < -0.3 is 0 Å². The van der Waals surface area contributed by atoms with Crippen molar-refractivity contribution in [3.8, 4) is 0 Å². The van der Waals surface area contributed by atoms with Gasteiger partial charge in [0.05, 0.1) is 10.5 Å².